The van der Waals surface area contributed by atoms with Crippen molar-refractivity contribution in [2.75, 3.05) is 0 Å². The van der Waals surface area contributed by atoms with Gasteiger partial charge in [0.05, 0.1) is 0 Å². The maximum atomic E-state index is 5.61. The molecule has 0 bridgehead atoms. The Hall–Kier alpha value is -1.76. The highest BCUT2D eigenvalue weighted by molar-refractivity contribution is 5.25. The van der Waals surface area contributed by atoms with E-state index in [1.165, 1.54) is 5.57 Å². The average Bonchev–Trinajstić information content (AvgIpc) is 2.57. The van der Waals surface area contributed by atoms with E-state index in [4.69, 9.17) is 4.74 Å². The van der Waals surface area contributed by atoms with Crippen LogP contribution in [0.1, 0.15) is 26.7 Å². The van der Waals surface area contributed by atoms with Gasteiger partial charge < -0.3 is 4.74 Å². The first-order chi connectivity index (χ1) is 8.22. The highest BCUT2D eigenvalue weighted by Crippen LogP contribution is 2.11. The van der Waals surface area contributed by atoms with Crippen molar-refractivity contribution in [2.24, 2.45) is 0 Å². The van der Waals surface area contributed by atoms with Gasteiger partial charge in [0.1, 0.15) is 11.5 Å². The third-order valence-corrected chi connectivity index (χ3v) is 2.43. The van der Waals surface area contributed by atoms with Crippen LogP contribution in [0.3, 0.4) is 0 Å². The van der Waals surface area contributed by atoms with E-state index in [1.54, 1.807) is 0 Å². The van der Waals surface area contributed by atoms with Crippen molar-refractivity contribution in [3.05, 3.63) is 72.3 Å². The van der Waals surface area contributed by atoms with E-state index in [9.17, 15) is 0 Å². The van der Waals surface area contributed by atoms with Crippen LogP contribution in [0.2, 0.25) is 0 Å². The summed E-state index contributed by atoms with van der Waals surface area (Å²) in [5.74, 6) is 1.50. The summed E-state index contributed by atoms with van der Waals surface area (Å²) < 4.78 is 5.61. The topological polar surface area (TPSA) is 9.23 Å². The van der Waals surface area contributed by atoms with Crippen LogP contribution in [-0.2, 0) is 4.74 Å². The van der Waals surface area contributed by atoms with Gasteiger partial charge >= 0.3 is 0 Å². The fraction of sp³-hybridized carbons (Fsp3) is 0.250. The van der Waals surface area contributed by atoms with Crippen LogP contribution in [0.5, 0.6) is 0 Å². The molecule has 1 nitrogen and oxygen atoms in total. The third kappa shape index (κ3) is 5.76. The largest absolute Gasteiger partial charge is 0.458 e. The van der Waals surface area contributed by atoms with Crippen molar-refractivity contribution in [1.82, 2.24) is 0 Å². The first kappa shape index (κ1) is 13.3. The van der Waals surface area contributed by atoms with Crippen molar-refractivity contribution in [3.63, 3.8) is 0 Å². The molecule has 1 aliphatic carbocycles. The van der Waals surface area contributed by atoms with Crippen molar-refractivity contribution in [1.29, 1.82) is 0 Å². The van der Waals surface area contributed by atoms with E-state index >= 15 is 0 Å². The maximum Gasteiger partial charge on any atom is 0.123 e. The lowest BCUT2D eigenvalue weighted by molar-refractivity contribution is 0.337. The lowest BCUT2D eigenvalue weighted by Crippen LogP contribution is -1.86. The summed E-state index contributed by atoms with van der Waals surface area (Å²) in [5.41, 5.74) is 1.34. The minimum absolute atomic E-state index is 0.656. The fourth-order valence-electron chi connectivity index (χ4n) is 1.26. The van der Waals surface area contributed by atoms with Crippen LogP contribution in [0, 0.1) is 0 Å². The predicted molar refractivity (Wildman–Crippen MR) is 74.4 cm³/mol. The van der Waals surface area contributed by atoms with Gasteiger partial charge in [0.25, 0.3) is 0 Å². The second-order valence-electron chi connectivity index (χ2n) is 3.92. The number of hydrogen-bond acceptors (Lipinski definition) is 1. The second kappa shape index (κ2) is 7.50. The van der Waals surface area contributed by atoms with Gasteiger partial charge in [-0.25, -0.2) is 0 Å². The molecule has 1 rings (SSSR count). The first-order valence-electron chi connectivity index (χ1n) is 5.96. The highest BCUT2D eigenvalue weighted by Gasteiger charge is 1.95. The van der Waals surface area contributed by atoms with Crippen molar-refractivity contribution in [2.45, 2.75) is 26.7 Å². The molecule has 0 amide bonds. The normalized spacial score (nSPS) is 15.9. The van der Waals surface area contributed by atoms with E-state index in [0.717, 1.165) is 18.6 Å². The molecule has 0 aliphatic heterocycles. The van der Waals surface area contributed by atoms with Crippen molar-refractivity contribution in [3.8, 4) is 0 Å². The summed E-state index contributed by atoms with van der Waals surface area (Å²) in [4.78, 5) is 0. The highest BCUT2D eigenvalue weighted by atomic mass is 16.5. The van der Waals surface area contributed by atoms with Gasteiger partial charge in [-0.1, -0.05) is 49.5 Å². The SMILES string of the molecule is C=C(/C=C\C=C(/C)CC)OC1=CCC=CC=C1. The summed E-state index contributed by atoms with van der Waals surface area (Å²) in [5, 5.41) is 0. The zero-order chi connectivity index (χ0) is 12.5. The smallest absolute Gasteiger partial charge is 0.123 e. The van der Waals surface area contributed by atoms with Crippen molar-refractivity contribution >= 4 is 0 Å². The van der Waals surface area contributed by atoms with E-state index in [-0.39, 0.29) is 0 Å². The monoisotopic (exact) mass is 228 g/mol. The Labute approximate surface area is 104 Å². The van der Waals surface area contributed by atoms with Crippen LogP contribution in [-0.4, -0.2) is 0 Å². The van der Waals surface area contributed by atoms with E-state index < -0.39 is 0 Å². The van der Waals surface area contributed by atoms with Gasteiger partial charge in [0.2, 0.25) is 0 Å². The van der Waals surface area contributed by atoms with Crippen LogP contribution >= 0.6 is 0 Å². The molecule has 90 valence electrons. The molecule has 0 unspecified atom stereocenters. The molecular weight excluding hydrogens is 208 g/mol. The summed E-state index contributed by atoms with van der Waals surface area (Å²) in [7, 11) is 0. The molecule has 0 heterocycles. The zero-order valence-electron chi connectivity index (χ0n) is 10.6. The summed E-state index contributed by atoms with van der Waals surface area (Å²) >= 11 is 0. The molecule has 0 atom stereocenters. The molecule has 1 aliphatic rings. The summed E-state index contributed by atoms with van der Waals surface area (Å²) in [6, 6.07) is 0. The number of hydrogen-bond donors (Lipinski definition) is 0. The quantitative estimate of drug-likeness (QED) is 0.484. The summed E-state index contributed by atoms with van der Waals surface area (Å²) in [6.45, 7) is 8.11. The molecule has 0 saturated heterocycles. The molecule has 0 spiro atoms. The third-order valence-electron chi connectivity index (χ3n) is 2.43. The van der Waals surface area contributed by atoms with Gasteiger partial charge in [-0.15, -0.1) is 0 Å². The van der Waals surface area contributed by atoms with Gasteiger partial charge in [0.15, 0.2) is 0 Å². The van der Waals surface area contributed by atoms with E-state index in [2.05, 4.69) is 32.6 Å². The molecule has 0 saturated carbocycles. The molecule has 0 aromatic rings. The molecule has 0 N–H and O–H groups in total. The lowest BCUT2D eigenvalue weighted by atomic mass is 10.2. The summed E-state index contributed by atoms with van der Waals surface area (Å²) in [6.07, 6.45) is 17.9. The van der Waals surface area contributed by atoms with E-state index in [0.29, 0.717) is 5.76 Å². The Balaban J connectivity index is 2.47. The number of rotatable bonds is 5. The predicted octanol–water partition coefficient (Wildman–Crippen LogP) is 4.83. The minimum Gasteiger partial charge on any atom is -0.458 e. The number of ether oxygens (including phenoxy) is 1. The molecule has 0 radical (unpaired) electrons. The van der Waals surface area contributed by atoms with Crippen LogP contribution in [0.15, 0.2) is 72.3 Å². The lowest BCUT2D eigenvalue weighted by Gasteiger charge is -2.04. The fourth-order valence-corrected chi connectivity index (χ4v) is 1.26. The van der Waals surface area contributed by atoms with Crippen LogP contribution in [0.4, 0.5) is 0 Å². The van der Waals surface area contributed by atoms with Gasteiger partial charge in [-0.05, 0) is 38.0 Å². The van der Waals surface area contributed by atoms with E-state index in [1.807, 2.05) is 36.5 Å². The molecule has 1 heteroatoms. The molecular formula is C16H20O. The Morgan fingerprint density at radius 2 is 2.29 bits per heavy atom. The zero-order valence-corrected chi connectivity index (χ0v) is 10.6. The Kier molecular flexibility index (Phi) is 5.87. The molecule has 0 aromatic carbocycles. The Morgan fingerprint density at radius 3 is 3.06 bits per heavy atom. The molecule has 0 fully saturated rings. The Morgan fingerprint density at radius 1 is 1.47 bits per heavy atom. The molecule has 0 aromatic heterocycles. The molecule has 17 heavy (non-hydrogen) atoms. The van der Waals surface area contributed by atoms with Crippen LogP contribution in [0.25, 0.3) is 0 Å². The maximum absolute atomic E-state index is 5.61. The van der Waals surface area contributed by atoms with Crippen LogP contribution < -0.4 is 0 Å². The first-order valence-corrected chi connectivity index (χ1v) is 5.96. The van der Waals surface area contributed by atoms with Gasteiger partial charge in [-0.3, -0.25) is 0 Å². The number of allylic oxidation sites excluding steroid dienone is 9. The Bertz CT molecular complexity index is 403. The second-order valence-corrected chi connectivity index (χ2v) is 3.92. The standard InChI is InChI=1S/C16H20O/c1-4-14(2)10-9-11-15(3)17-16-12-7-5-6-8-13-16/h5-7,9-13H,3-4,8H2,1-2H3/b11-9-,14-10+. The van der Waals surface area contributed by atoms with Crippen molar-refractivity contribution < 1.29 is 4.74 Å². The average molecular weight is 228 g/mol. The van der Waals surface area contributed by atoms with Gasteiger partial charge in [0, 0.05) is 0 Å². The minimum atomic E-state index is 0.656. The van der Waals surface area contributed by atoms with Gasteiger partial charge in [-0.2, -0.15) is 0 Å².